The van der Waals surface area contributed by atoms with Crippen molar-refractivity contribution in [2.75, 3.05) is 19.6 Å². The van der Waals surface area contributed by atoms with Crippen molar-refractivity contribution >= 4 is 29.6 Å². The highest BCUT2D eigenvalue weighted by Gasteiger charge is 2.35. The lowest BCUT2D eigenvalue weighted by Gasteiger charge is -2.30. The summed E-state index contributed by atoms with van der Waals surface area (Å²) in [5, 5.41) is 19.2. The molecule has 0 bridgehead atoms. The summed E-state index contributed by atoms with van der Waals surface area (Å²) < 4.78 is 0. The van der Waals surface area contributed by atoms with Crippen LogP contribution < -0.4 is 32.7 Å². The second kappa shape index (κ2) is 14.4. The average Bonchev–Trinajstić information content (AvgIpc) is 2.69. The predicted molar refractivity (Wildman–Crippen MR) is 118 cm³/mol. The molecule has 0 aliphatic heterocycles. The van der Waals surface area contributed by atoms with Gasteiger partial charge in [0, 0.05) is 0 Å². The van der Waals surface area contributed by atoms with Crippen molar-refractivity contribution in [2.24, 2.45) is 17.4 Å². The predicted octanol–water partition coefficient (Wildman–Crippen LogP) is -1.81. The third-order valence-electron chi connectivity index (χ3n) is 4.54. The van der Waals surface area contributed by atoms with E-state index in [1.807, 2.05) is 13.8 Å². The van der Waals surface area contributed by atoms with Crippen molar-refractivity contribution in [3.05, 3.63) is 0 Å². The highest BCUT2D eigenvalue weighted by atomic mass is 16.4. The average molecular weight is 459 g/mol. The maximum Gasteiger partial charge on any atom is 0.326 e. The largest absolute Gasteiger partial charge is 0.480 e. The molecule has 0 radical (unpaired) electrons. The van der Waals surface area contributed by atoms with Crippen LogP contribution in [0.3, 0.4) is 0 Å². The van der Waals surface area contributed by atoms with Gasteiger partial charge in [-0.05, 0) is 52.0 Å². The van der Waals surface area contributed by atoms with Gasteiger partial charge in [-0.2, -0.15) is 0 Å². The number of carbonyl (C=O) groups is 5. The van der Waals surface area contributed by atoms with Gasteiger partial charge >= 0.3 is 5.97 Å². The number of aliphatic carboxylic acids is 1. The Morgan fingerprint density at radius 1 is 0.938 bits per heavy atom. The highest BCUT2D eigenvalue weighted by Crippen LogP contribution is 2.10. The smallest absolute Gasteiger partial charge is 0.326 e. The topological polar surface area (TPSA) is 206 Å². The zero-order valence-electron chi connectivity index (χ0n) is 19.3. The maximum absolute atomic E-state index is 12.8. The van der Waals surface area contributed by atoms with E-state index in [2.05, 4.69) is 21.3 Å². The number of nitrogens with one attached hydrogen (secondary N) is 4. The zero-order valence-corrected chi connectivity index (χ0v) is 19.3. The van der Waals surface area contributed by atoms with Gasteiger partial charge in [-0.15, -0.1) is 0 Å². The Balaban J connectivity index is 5.13. The number of hydrogen-bond acceptors (Lipinski definition) is 7. The van der Waals surface area contributed by atoms with E-state index < -0.39 is 47.2 Å². The molecular formula is C20H38N6O6. The quantitative estimate of drug-likeness (QED) is 0.139. The van der Waals surface area contributed by atoms with Crippen molar-refractivity contribution in [3.63, 3.8) is 0 Å². The Hall–Kier alpha value is -2.73. The Morgan fingerprint density at radius 2 is 1.56 bits per heavy atom. The molecule has 0 fully saturated rings. The molecule has 32 heavy (non-hydrogen) atoms. The Kier molecular flexibility index (Phi) is 13.1. The summed E-state index contributed by atoms with van der Waals surface area (Å²) in [6.07, 6.45) is 1.66. The van der Waals surface area contributed by atoms with Gasteiger partial charge in [0.1, 0.15) is 17.6 Å². The maximum atomic E-state index is 12.8. The lowest BCUT2D eigenvalue weighted by atomic mass is 9.99. The second-order valence-electron chi connectivity index (χ2n) is 8.49. The summed E-state index contributed by atoms with van der Waals surface area (Å²) in [5.41, 5.74) is 9.15. The van der Waals surface area contributed by atoms with Gasteiger partial charge in [0.05, 0.1) is 13.1 Å². The number of amides is 4. The van der Waals surface area contributed by atoms with Gasteiger partial charge in [-0.3, -0.25) is 19.2 Å². The number of unbranched alkanes of at least 4 members (excludes halogenated alkanes) is 1. The number of carboxylic acid groups (broad SMARTS) is 1. The van der Waals surface area contributed by atoms with Crippen LogP contribution in [0, 0.1) is 5.92 Å². The van der Waals surface area contributed by atoms with E-state index in [1.54, 1.807) is 0 Å². The molecule has 12 nitrogen and oxygen atoms in total. The van der Waals surface area contributed by atoms with Crippen molar-refractivity contribution in [1.82, 2.24) is 21.3 Å². The molecule has 0 saturated carbocycles. The molecule has 0 unspecified atom stereocenters. The third kappa shape index (κ3) is 11.6. The Bertz CT molecular complexity index is 667. The van der Waals surface area contributed by atoms with Crippen molar-refractivity contribution in [2.45, 2.75) is 71.0 Å². The molecule has 0 aromatic carbocycles. The molecule has 4 amide bonds. The minimum atomic E-state index is -1.44. The van der Waals surface area contributed by atoms with Crippen LogP contribution in [0.4, 0.5) is 0 Å². The second-order valence-corrected chi connectivity index (χ2v) is 8.49. The molecule has 0 aromatic heterocycles. The van der Waals surface area contributed by atoms with Crippen LogP contribution in [-0.4, -0.2) is 72.0 Å². The normalized spacial score (nSPS) is 13.1. The first-order valence-corrected chi connectivity index (χ1v) is 10.7. The molecule has 2 atom stereocenters. The van der Waals surface area contributed by atoms with E-state index in [0.29, 0.717) is 19.4 Å². The van der Waals surface area contributed by atoms with E-state index >= 15 is 0 Å². The molecular weight excluding hydrogens is 420 g/mol. The van der Waals surface area contributed by atoms with E-state index in [4.69, 9.17) is 11.5 Å². The lowest BCUT2D eigenvalue weighted by molar-refractivity contribution is -0.143. The van der Waals surface area contributed by atoms with Crippen molar-refractivity contribution in [1.29, 1.82) is 0 Å². The molecule has 0 aliphatic rings. The van der Waals surface area contributed by atoms with E-state index in [9.17, 15) is 29.1 Å². The third-order valence-corrected chi connectivity index (χ3v) is 4.54. The number of nitrogens with two attached hydrogens (primary N) is 2. The zero-order chi connectivity index (χ0) is 24.9. The number of carboxylic acids is 1. The van der Waals surface area contributed by atoms with Crippen LogP contribution in [0.25, 0.3) is 0 Å². The van der Waals surface area contributed by atoms with Crippen LogP contribution in [0.15, 0.2) is 0 Å². The fourth-order valence-electron chi connectivity index (χ4n) is 2.74. The Labute approximate surface area is 188 Å². The number of rotatable bonds is 15. The first-order chi connectivity index (χ1) is 14.8. The van der Waals surface area contributed by atoms with Crippen LogP contribution in [0.2, 0.25) is 0 Å². The lowest BCUT2D eigenvalue weighted by Crippen LogP contribution is -2.61. The van der Waals surface area contributed by atoms with Gasteiger partial charge < -0.3 is 37.8 Å². The van der Waals surface area contributed by atoms with Crippen molar-refractivity contribution < 1.29 is 29.1 Å². The summed E-state index contributed by atoms with van der Waals surface area (Å²) in [6.45, 7) is 6.41. The SMILES string of the molecule is CC(C)C[C@H](NC(=O)CNC(=O)CN)C(=O)NC(C)(C)C(=O)N[C@@H](CCCCN)C(=O)O. The van der Waals surface area contributed by atoms with E-state index in [-0.39, 0.29) is 31.8 Å². The van der Waals surface area contributed by atoms with E-state index in [0.717, 1.165) is 0 Å². The summed E-state index contributed by atoms with van der Waals surface area (Å²) in [7, 11) is 0. The molecule has 0 spiro atoms. The summed E-state index contributed by atoms with van der Waals surface area (Å²) >= 11 is 0. The first-order valence-electron chi connectivity index (χ1n) is 10.7. The minimum Gasteiger partial charge on any atom is -0.480 e. The van der Waals surface area contributed by atoms with Gasteiger partial charge in [0.15, 0.2) is 0 Å². The van der Waals surface area contributed by atoms with Gasteiger partial charge in [-0.25, -0.2) is 4.79 Å². The van der Waals surface area contributed by atoms with Crippen molar-refractivity contribution in [3.8, 4) is 0 Å². The summed E-state index contributed by atoms with van der Waals surface area (Å²) in [4.78, 5) is 60.2. The fourth-order valence-corrected chi connectivity index (χ4v) is 2.74. The molecule has 0 aliphatic carbocycles. The highest BCUT2D eigenvalue weighted by molar-refractivity contribution is 5.96. The molecule has 12 heteroatoms. The van der Waals surface area contributed by atoms with Gasteiger partial charge in [0.25, 0.3) is 0 Å². The fraction of sp³-hybridized carbons (Fsp3) is 0.750. The molecule has 184 valence electrons. The van der Waals surface area contributed by atoms with Crippen LogP contribution in [0.1, 0.15) is 53.4 Å². The van der Waals surface area contributed by atoms with Crippen LogP contribution >= 0.6 is 0 Å². The molecule has 0 rings (SSSR count). The summed E-state index contributed by atoms with van der Waals surface area (Å²) in [5.74, 6) is -3.51. The van der Waals surface area contributed by atoms with Crippen LogP contribution in [0.5, 0.6) is 0 Å². The van der Waals surface area contributed by atoms with Gasteiger partial charge in [0.2, 0.25) is 23.6 Å². The number of carbonyl (C=O) groups excluding carboxylic acids is 4. The van der Waals surface area contributed by atoms with Crippen LogP contribution in [-0.2, 0) is 24.0 Å². The standard InChI is InChI=1S/C20H38N6O6/c1-12(2)9-14(24-16(28)11-23-15(27)10-22)17(29)26-20(3,4)19(32)25-13(18(30)31)7-5-6-8-21/h12-14H,5-11,21-22H2,1-4H3,(H,23,27)(H,24,28)(H,25,32)(H,26,29)(H,30,31)/t13-,14-/m0/s1. The first kappa shape index (κ1) is 29.3. The molecule has 0 saturated heterocycles. The minimum absolute atomic E-state index is 0.0422. The molecule has 0 aromatic rings. The molecule has 9 N–H and O–H groups in total. The monoisotopic (exact) mass is 458 g/mol. The van der Waals surface area contributed by atoms with Gasteiger partial charge in [-0.1, -0.05) is 13.8 Å². The van der Waals surface area contributed by atoms with E-state index in [1.165, 1.54) is 13.8 Å². The number of hydrogen-bond donors (Lipinski definition) is 7. The molecule has 0 heterocycles. The summed E-state index contributed by atoms with van der Waals surface area (Å²) in [6, 6.07) is -2.06. The Morgan fingerprint density at radius 3 is 2.06 bits per heavy atom.